The summed E-state index contributed by atoms with van der Waals surface area (Å²) in [7, 11) is 0. The van der Waals surface area contributed by atoms with E-state index in [0.29, 0.717) is 12.0 Å². The average molecular weight is 283 g/mol. The third-order valence-corrected chi connectivity index (χ3v) is 3.50. The molecule has 110 valence electrons. The zero-order chi connectivity index (χ0) is 14.8. The van der Waals surface area contributed by atoms with E-state index >= 15 is 0 Å². The van der Waals surface area contributed by atoms with Crippen LogP contribution in [0.1, 0.15) is 37.8 Å². The third kappa shape index (κ3) is 4.37. The Morgan fingerprint density at radius 1 is 1.25 bits per heavy atom. The first-order valence-corrected chi connectivity index (χ1v) is 6.97. The third-order valence-electron chi connectivity index (χ3n) is 3.50. The van der Waals surface area contributed by atoms with Gasteiger partial charge in [-0.3, -0.25) is 0 Å². The Bertz CT molecular complexity index is 467. The highest BCUT2D eigenvalue weighted by Gasteiger charge is 2.29. The lowest BCUT2D eigenvalue weighted by Gasteiger charge is -2.13. The molecular weight excluding hydrogens is 263 g/mol. The molecule has 0 spiro atoms. The number of rotatable bonds is 5. The summed E-state index contributed by atoms with van der Waals surface area (Å²) in [6.45, 7) is 5.01. The van der Waals surface area contributed by atoms with E-state index in [2.05, 4.69) is 19.2 Å². The molecule has 1 N–H and O–H groups in total. The molecule has 0 saturated heterocycles. The zero-order valence-electron chi connectivity index (χ0n) is 11.8. The van der Waals surface area contributed by atoms with Crippen LogP contribution >= 0.6 is 0 Å². The standard InChI is InChI=1S/C16H20F3N/c1-11(2)13(10-20-15-7-8-15)9-12-3-5-14(6-4-12)16(17,18)19/h3-6,9,11,15,20H,7-8,10H2,1-2H3. The van der Waals surface area contributed by atoms with Crippen molar-refractivity contribution in [2.75, 3.05) is 6.54 Å². The van der Waals surface area contributed by atoms with Crippen molar-refractivity contribution in [1.29, 1.82) is 0 Å². The van der Waals surface area contributed by atoms with Crippen molar-refractivity contribution in [2.24, 2.45) is 5.92 Å². The van der Waals surface area contributed by atoms with Gasteiger partial charge in [-0.2, -0.15) is 13.2 Å². The zero-order valence-corrected chi connectivity index (χ0v) is 11.8. The lowest BCUT2D eigenvalue weighted by Crippen LogP contribution is -2.21. The minimum absolute atomic E-state index is 0.378. The molecule has 1 fully saturated rings. The van der Waals surface area contributed by atoms with Crippen LogP contribution in [0.15, 0.2) is 29.8 Å². The summed E-state index contributed by atoms with van der Waals surface area (Å²) in [4.78, 5) is 0. The number of halogens is 3. The smallest absolute Gasteiger partial charge is 0.310 e. The van der Waals surface area contributed by atoms with Gasteiger partial charge in [-0.05, 0) is 36.5 Å². The molecule has 1 saturated carbocycles. The molecule has 0 heterocycles. The molecule has 1 aromatic carbocycles. The van der Waals surface area contributed by atoms with Gasteiger partial charge >= 0.3 is 6.18 Å². The molecule has 0 aromatic heterocycles. The van der Waals surface area contributed by atoms with Gasteiger partial charge in [-0.15, -0.1) is 0 Å². The minimum Gasteiger partial charge on any atom is -0.310 e. The van der Waals surface area contributed by atoms with Crippen LogP contribution in [-0.2, 0) is 6.18 Å². The fraction of sp³-hybridized carbons (Fsp3) is 0.500. The summed E-state index contributed by atoms with van der Waals surface area (Å²) < 4.78 is 37.5. The Morgan fingerprint density at radius 3 is 2.30 bits per heavy atom. The van der Waals surface area contributed by atoms with Crippen molar-refractivity contribution in [3.05, 3.63) is 41.0 Å². The van der Waals surface area contributed by atoms with Gasteiger partial charge in [0.1, 0.15) is 0 Å². The van der Waals surface area contributed by atoms with Crippen molar-refractivity contribution in [1.82, 2.24) is 5.32 Å². The first kappa shape index (κ1) is 15.1. The van der Waals surface area contributed by atoms with Crippen LogP contribution < -0.4 is 5.32 Å². The van der Waals surface area contributed by atoms with Gasteiger partial charge in [0.05, 0.1) is 5.56 Å². The Labute approximate surface area is 117 Å². The quantitative estimate of drug-likeness (QED) is 0.839. The largest absolute Gasteiger partial charge is 0.416 e. The molecule has 0 radical (unpaired) electrons. The van der Waals surface area contributed by atoms with E-state index in [-0.39, 0.29) is 0 Å². The Kier molecular flexibility index (Phi) is 4.53. The second-order valence-corrected chi connectivity index (χ2v) is 5.65. The van der Waals surface area contributed by atoms with Crippen molar-refractivity contribution < 1.29 is 13.2 Å². The minimum atomic E-state index is -4.27. The highest BCUT2D eigenvalue weighted by Crippen LogP contribution is 2.29. The van der Waals surface area contributed by atoms with Crippen LogP contribution in [0, 0.1) is 5.92 Å². The van der Waals surface area contributed by atoms with Gasteiger partial charge in [0.25, 0.3) is 0 Å². The topological polar surface area (TPSA) is 12.0 Å². The van der Waals surface area contributed by atoms with Crippen LogP contribution in [0.25, 0.3) is 6.08 Å². The summed E-state index contributed by atoms with van der Waals surface area (Å²) >= 11 is 0. The maximum atomic E-state index is 12.5. The van der Waals surface area contributed by atoms with Gasteiger partial charge in [0, 0.05) is 12.6 Å². The number of benzene rings is 1. The molecule has 1 nitrogen and oxygen atoms in total. The van der Waals surface area contributed by atoms with Crippen LogP contribution in [0.2, 0.25) is 0 Å². The first-order valence-electron chi connectivity index (χ1n) is 6.97. The monoisotopic (exact) mass is 283 g/mol. The number of alkyl halides is 3. The van der Waals surface area contributed by atoms with Gasteiger partial charge in [-0.1, -0.05) is 37.6 Å². The predicted octanol–water partition coefficient (Wildman–Crippen LogP) is 4.50. The normalized spacial score (nSPS) is 16.8. The highest BCUT2D eigenvalue weighted by atomic mass is 19.4. The summed E-state index contributed by atoms with van der Waals surface area (Å²) in [5, 5.41) is 3.45. The van der Waals surface area contributed by atoms with E-state index in [0.717, 1.165) is 24.2 Å². The average Bonchev–Trinajstić information content (AvgIpc) is 3.17. The van der Waals surface area contributed by atoms with Crippen molar-refractivity contribution in [2.45, 2.75) is 38.9 Å². The van der Waals surface area contributed by atoms with E-state index in [1.54, 1.807) is 0 Å². The Morgan fingerprint density at radius 2 is 1.85 bits per heavy atom. The van der Waals surface area contributed by atoms with Gasteiger partial charge in [-0.25, -0.2) is 0 Å². The fourth-order valence-corrected chi connectivity index (χ4v) is 1.95. The molecule has 1 aliphatic rings. The molecule has 0 amide bonds. The predicted molar refractivity (Wildman–Crippen MR) is 75.3 cm³/mol. The lowest BCUT2D eigenvalue weighted by molar-refractivity contribution is -0.137. The molecule has 0 unspecified atom stereocenters. The molecule has 1 aromatic rings. The van der Waals surface area contributed by atoms with Gasteiger partial charge in [0.2, 0.25) is 0 Å². The summed E-state index contributed by atoms with van der Waals surface area (Å²) in [5.74, 6) is 0.378. The summed E-state index contributed by atoms with van der Waals surface area (Å²) in [6.07, 6.45) is 0.175. The molecule has 20 heavy (non-hydrogen) atoms. The lowest BCUT2D eigenvalue weighted by atomic mass is 9.99. The molecular formula is C16H20F3N. The number of hydrogen-bond acceptors (Lipinski definition) is 1. The number of nitrogens with one attached hydrogen (secondary N) is 1. The van der Waals surface area contributed by atoms with Gasteiger partial charge < -0.3 is 5.32 Å². The molecule has 1 aliphatic carbocycles. The second kappa shape index (κ2) is 6.00. The molecule has 4 heteroatoms. The van der Waals surface area contributed by atoms with E-state index in [1.807, 2.05) is 6.08 Å². The first-order chi connectivity index (χ1) is 9.36. The van der Waals surface area contributed by atoms with Crippen molar-refractivity contribution in [3.8, 4) is 0 Å². The van der Waals surface area contributed by atoms with E-state index in [1.165, 1.54) is 30.5 Å². The second-order valence-electron chi connectivity index (χ2n) is 5.65. The van der Waals surface area contributed by atoms with Crippen molar-refractivity contribution >= 4 is 6.08 Å². The highest BCUT2D eigenvalue weighted by molar-refractivity contribution is 5.54. The van der Waals surface area contributed by atoms with E-state index < -0.39 is 11.7 Å². The Balaban J connectivity index is 2.09. The Hall–Kier alpha value is -1.29. The molecule has 0 aliphatic heterocycles. The van der Waals surface area contributed by atoms with Crippen LogP contribution in [-0.4, -0.2) is 12.6 Å². The summed E-state index contributed by atoms with van der Waals surface area (Å²) in [5.41, 5.74) is 1.44. The summed E-state index contributed by atoms with van der Waals surface area (Å²) in [6, 6.07) is 5.96. The molecule has 2 rings (SSSR count). The van der Waals surface area contributed by atoms with E-state index in [4.69, 9.17) is 0 Å². The molecule has 0 bridgehead atoms. The van der Waals surface area contributed by atoms with Crippen LogP contribution in [0.4, 0.5) is 13.2 Å². The number of hydrogen-bond donors (Lipinski definition) is 1. The molecule has 0 atom stereocenters. The van der Waals surface area contributed by atoms with Crippen molar-refractivity contribution in [3.63, 3.8) is 0 Å². The SMILES string of the molecule is CC(C)C(=Cc1ccc(C(F)(F)F)cc1)CNC1CC1. The maximum Gasteiger partial charge on any atom is 0.416 e. The van der Waals surface area contributed by atoms with Gasteiger partial charge in [0.15, 0.2) is 0 Å². The van der Waals surface area contributed by atoms with Crippen LogP contribution in [0.3, 0.4) is 0 Å². The maximum absolute atomic E-state index is 12.5. The fourth-order valence-electron chi connectivity index (χ4n) is 1.95. The van der Waals surface area contributed by atoms with Crippen LogP contribution in [0.5, 0.6) is 0 Å². The van der Waals surface area contributed by atoms with E-state index in [9.17, 15) is 13.2 Å².